The van der Waals surface area contributed by atoms with E-state index in [4.69, 9.17) is 22.3 Å². The lowest BCUT2D eigenvalue weighted by molar-refractivity contribution is 0.543. The first-order chi connectivity index (χ1) is 8.70. The van der Waals surface area contributed by atoms with Gasteiger partial charge >= 0.3 is 0 Å². The number of imidazole rings is 1. The summed E-state index contributed by atoms with van der Waals surface area (Å²) in [6, 6.07) is 5.93. The number of nitrogens with zero attached hydrogens (tertiary/aromatic N) is 2. The molecule has 1 atom stereocenters. The summed E-state index contributed by atoms with van der Waals surface area (Å²) in [6.07, 6.45) is 3.54. The Bertz CT molecular complexity index is 572. The van der Waals surface area contributed by atoms with Crippen molar-refractivity contribution in [2.45, 2.75) is 38.8 Å². The van der Waals surface area contributed by atoms with Gasteiger partial charge in [-0.15, -0.1) is 0 Å². The molecule has 1 fully saturated rings. The van der Waals surface area contributed by atoms with Crippen LogP contribution in [0, 0.1) is 5.92 Å². The fourth-order valence-electron chi connectivity index (χ4n) is 2.49. The third kappa shape index (κ3) is 2.02. The first-order valence-corrected chi connectivity index (χ1v) is 6.99. The molecule has 2 aromatic rings. The second-order valence-electron chi connectivity index (χ2n) is 5.12. The Morgan fingerprint density at radius 2 is 2.28 bits per heavy atom. The lowest BCUT2D eigenvalue weighted by Gasteiger charge is -2.13. The monoisotopic (exact) mass is 263 g/mol. The normalized spacial score (nSPS) is 17.3. The van der Waals surface area contributed by atoms with Crippen LogP contribution in [0.5, 0.6) is 0 Å². The van der Waals surface area contributed by atoms with Crippen LogP contribution in [0.25, 0.3) is 11.0 Å². The molecule has 1 aliphatic carbocycles. The summed E-state index contributed by atoms with van der Waals surface area (Å²) in [6.45, 7) is 3.12. The van der Waals surface area contributed by atoms with E-state index >= 15 is 0 Å². The van der Waals surface area contributed by atoms with Gasteiger partial charge in [0.25, 0.3) is 0 Å². The van der Waals surface area contributed by atoms with Crippen molar-refractivity contribution in [3.8, 4) is 0 Å². The van der Waals surface area contributed by atoms with E-state index in [1.807, 2.05) is 18.2 Å². The molecular formula is C14H18ClN3. The summed E-state index contributed by atoms with van der Waals surface area (Å²) in [4.78, 5) is 4.71. The molecule has 1 aromatic carbocycles. The fourth-order valence-corrected chi connectivity index (χ4v) is 2.66. The highest BCUT2D eigenvalue weighted by molar-refractivity contribution is 6.31. The summed E-state index contributed by atoms with van der Waals surface area (Å²) in [5, 5.41) is 0.756. The predicted molar refractivity (Wildman–Crippen MR) is 74.7 cm³/mol. The molecule has 4 heteroatoms. The van der Waals surface area contributed by atoms with Crippen molar-refractivity contribution in [1.82, 2.24) is 9.55 Å². The van der Waals surface area contributed by atoms with Crippen molar-refractivity contribution in [3.05, 3.63) is 29.0 Å². The molecule has 0 bridgehead atoms. The van der Waals surface area contributed by atoms with Crippen molar-refractivity contribution < 1.29 is 0 Å². The molecular weight excluding hydrogens is 246 g/mol. The molecule has 2 N–H and O–H groups in total. The molecule has 18 heavy (non-hydrogen) atoms. The van der Waals surface area contributed by atoms with Crippen molar-refractivity contribution in [2.24, 2.45) is 11.7 Å². The Balaban J connectivity index is 2.13. The van der Waals surface area contributed by atoms with Crippen molar-refractivity contribution in [3.63, 3.8) is 0 Å². The molecule has 1 heterocycles. The van der Waals surface area contributed by atoms with Gasteiger partial charge in [0.15, 0.2) is 0 Å². The molecule has 96 valence electrons. The highest BCUT2D eigenvalue weighted by atomic mass is 35.5. The van der Waals surface area contributed by atoms with Crippen LogP contribution in [0.1, 0.15) is 38.1 Å². The summed E-state index contributed by atoms with van der Waals surface area (Å²) >= 11 is 6.08. The Morgan fingerprint density at radius 1 is 1.50 bits per heavy atom. The van der Waals surface area contributed by atoms with Crippen molar-refractivity contribution >= 4 is 22.6 Å². The third-order valence-electron chi connectivity index (χ3n) is 3.62. The molecule has 0 amide bonds. The Morgan fingerprint density at radius 3 is 2.94 bits per heavy atom. The first kappa shape index (κ1) is 12.0. The smallest absolute Gasteiger partial charge is 0.127 e. The number of nitrogens with two attached hydrogens (primary N) is 1. The minimum absolute atomic E-state index is 0.0720. The maximum Gasteiger partial charge on any atom is 0.127 e. The quantitative estimate of drug-likeness (QED) is 0.917. The van der Waals surface area contributed by atoms with E-state index in [1.165, 1.54) is 12.8 Å². The topological polar surface area (TPSA) is 43.8 Å². The largest absolute Gasteiger partial charge is 0.327 e. The van der Waals surface area contributed by atoms with E-state index in [1.54, 1.807) is 0 Å². The molecule has 0 saturated heterocycles. The van der Waals surface area contributed by atoms with Crippen LogP contribution >= 0.6 is 11.6 Å². The predicted octanol–water partition coefficient (Wildman–Crippen LogP) is 3.51. The van der Waals surface area contributed by atoms with Gasteiger partial charge in [-0.2, -0.15) is 0 Å². The minimum Gasteiger partial charge on any atom is -0.327 e. The summed E-state index contributed by atoms with van der Waals surface area (Å²) < 4.78 is 2.24. The van der Waals surface area contributed by atoms with Crippen molar-refractivity contribution in [1.29, 1.82) is 0 Å². The molecule has 1 aromatic heterocycles. The SMILES string of the molecule is CCCn1c(C(N)C2CC2)nc2ccc(Cl)cc21. The van der Waals surface area contributed by atoms with Gasteiger partial charge in [0.05, 0.1) is 17.1 Å². The summed E-state index contributed by atoms with van der Waals surface area (Å²) in [5.41, 5.74) is 8.42. The number of rotatable bonds is 4. The summed E-state index contributed by atoms with van der Waals surface area (Å²) in [5.74, 6) is 1.64. The third-order valence-corrected chi connectivity index (χ3v) is 3.85. The second-order valence-corrected chi connectivity index (χ2v) is 5.55. The molecule has 1 unspecified atom stereocenters. The van der Waals surface area contributed by atoms with Crippen LogP contribution in [0.4, 0.5) is 0 Å². The van der Waals surface area contributed by atoms with E-state index in [0.29, 0.717) is 5.92 Å². The number of halogens is 1. The maximum atomic E-state index is 6.32. The van der Waals surface area contributed by atoms with Crippen LogP contribution in [0.15, 0.2) is 18.2 Å². The van der Waals surface area contributed by atoms with E-state index in [2.05, 4.69) is 11.5 Å². The van der Waals surface area contributed by atoms with E-state index < -0.39 is 0 Å². The highest BCUT2D eigenvalue weighted by Crippen LogP contribution is 2.40. The lowest BCUT2D eigenvalue weighted by atomic mass is 10.2. The Kier molecular flexibility index (Phi) is 3.04. The van der Waals surface area contributed by atoms with E-state index in [-0.39, 0.29) is 6.04 Å². The molecule has 0 aliphatic heterocycles. The van der Waals surface area contributed by atoms with Crippen LogP contribution in [-0.2, 0) is 6.54 Å². The van der Waals surface area contributed by atoms with Gasteiger partial charge in [0, 0.05) is 11.6 Å². The van der Waals surface area contributed by atoms with Gasteiger partial charge in [-0.05, 0) is 43.4 Å². The van der Waals surface area contributed by atoms with Crippen LogP contribution < -0.4 is 5.73 Å². The van der Waals surface area contributed by atoms with Gasteiger partial charge in [-0.3, -0.25) is 0 Å². The number of aryl methyl sites for hydroxylation is 1. The average Bonchev–Trinajstić information content (AvgIpc) is 3.14. The zero-order valence-electron chi connectivity index (χ0n) is 10.6. The first-order valence-electron chi connectivity index (χ1n) is 6.62. The second kappa shape index (κ2) is 4.56. The maximum absolute atomic E-state index is 6.32. The number of aromatic nitrogens is 2. The number of benzene rings is 1. The summed E-state index contributed by atoms with van der Waals surface area (Å²) in [7, 11) is 0. The van der Waals surface area contributed by atoms with Crippen LogP contribution in [-0.4, -0.2) is 9.55 Å². The number of fused-ring (bicyclic) bond motifs is 1. The molecule has 1 aliphatic rings. The number of hydrogen-bond donors (Lipinski definition) is 1. The van der Waals surface area contributed by atoms with E-state index in [9.17, 15) is 0 Å². The zero-order valence-corrected chi connectivity index (χ0v) is 11.3. The Labute approximate surface area is 112 Å². The van der Waals surface area contributed by atoms with Crippen molar-refractivity contribution in [2.75, 3.05) is 0 Å². The molecule has 1 saturated carbocycles. The highest BCUT2D eigenvalue weighted by Gasteiger charge is 2.32. The van der Waals surface area contributed by atoms with Gasteiger partial charge in [-0.1, -0.05) is 18.5 Å². The van der Waals surface area contributed by atoms with Gasteiger partial charge in [0.2, 0.25) is 0 Å². The standard InChI is InChI=1S/C14H18ClN3/c1-2-7-18-12-8-10(15)5-6-11(12)17-14(18)13(16)9-3-4-9/h5-6,8-9,13H,2-4,7,16H2,1H3. The lowest BCUT2D eigenvalue weighted by Crippen LogP contribution is -2.18. The van der Waals surface area contributed by atoms with Gasteiger partial charge in [0.1, 0.15) is 5.82 Å². The average molecular weight is 264 g/mol. The van der Waals surface area contributed by atoms with Gasteiger partial charge < -0.3 is 10.3 Å². The van der Waals surface area contributed by atoms with Crippen LogP contribution in [0.2, 0.25) is 5.02 Å². The molecule has 0 spiro atoms. The fraction of sp³-hybridized carbons (Fsp3) is 0.500. The Hall–Kier alpha value is -1.06. The van der Waals surface area contributed by atoms with Gasteiger partial charge in [-0.25, -0.2) is 4.98 Å². The van der Waals surface area contributed by atoms with E-state index in [0.717, 1.165) is 34.8 Å². The van der Waals surface area contributed by atoms with Crippen LogP contribution in [0.3, 0.4) is 0 Å². The molecule has 0 radical (unpaired) electrons. The molecule has 3 rings (SSSR count). The molecule has 3 nitrogen and oxygen atoms in total. The minimum atomic E-state index is 0.0720. The zero-order chi connectivity index (χ0) is 12.7. The number of hydrogen-bond acceptors (Lipinski definition) is 2.